The fraction of sp³-hybridized carbons (Fsp3) is 0.438. The Morgan fingerprint density at radius 3 is 2.67 bits per heavy atom. The number of morpholine rings is 1. The fourth-order valence-corrected chi connectivity index (χ4v) is 3.25. The Bertz CT molecular complexity index is 790. The molecule has 0 aromatic carbocycles. The molecule has 3 rings (SSSR count). The van der Waals surface area contributed by atoms with Crippen molar-refractivity contribution in [3.8, 4) is 11.5 Å². The molecule has 0 N–H and O–H groups in total. The summed E-state index contributed by atoms with van der Waals surface area (Å²) in [7, 11) is -3.17. The van der Waals surface area contributed by atoms with Crippen molar-refractivity contribution in [3.05, 3.63) is 36.2 Å². The SMILES string of the molecule is CCS(=O)(=O)Cc1cc(N2CCOCC2)nc(-c2ccccn2)n1. The zero-order valence-corrected chi connectivity index (χ0v) is 14.4. The second-order valence-corrected chi connectivity index (χ2v) is 7.89. The Balaban J connectivity index is 2.01. The van der Waals surface area contributed by atoms with Crippen molar-refractivity contribution in [1.82, 2.24) is 15.0 Å². The predicted molar refractivity (Wildman–Crippen MR) is 91.5 cm³/mol. The normalized spacial score (nSPS) is 15.5. The molecule has 0 bridgehead atoms. The van der Waals surface area contributed by atoms with Crippen LogP contribution in [-0.4, -0.2) is 55.4 Å². The molecule has 1 aliphatic rings. The van der Waals surface area contributed by atoms with Crippen LogP contribution in [0.15, 0.2) is 30.5 Å². The highest BCUT2D eigenvalue weighted by molar-refractivity contribution is 7.90. The van der Waals surface area contributed by atoms with Crippen molar-refractivity contribution in [1.29, 1.82) is 0 Å². The van der Waals surface area contributed by atoms with Gasteiger partial charge in [-0.1, -0.05) is 13.0 Å². The number of ether oxygens (including phenoxy) is 1. The monoisotopic (exact) mass is 348 g/mol. The molecular weight excluding hydrogens is 328 g/mol. The van der Waals surface area contributed by atoms with Gasteiger partial charge in [0.15, 0.2) is 15.7 Å². The van der Waals surface area contributed by atoms with Crippen molar-refractivity contribution in [3.63, 3.8) is 0 Å². The van der Waals surface area contributed by atoms with E-state index in [0.29, 0.717) is 30.4 Å². The third-order valence-electron chi connectivity index (χ3n) is 3.80. The summed E-state index contributed by atoms with van der Waals surface area (Å²) in [5.74, 6) is 1.16. The van der Waals surface area contributed by atoms with Crippen molar-refractivity contribution in [2.24, 2.45) is 0 Å². The number of sulfone groups is 1. The molecule has 128 valence electrons. The average Bonchev–Trinajstić information content (AvgIpc) is 2.62. The van der Waals surface area contributed by atoms with Gasteiger partial charge in [0.1, 0.15) is 11.5 Å². The molecule has 0 aliphatic carbocycles. The maximum absolute atomic E-state index is 12.0. The van der Waals surface area contributed by atoms with Crippen LogP contribution >= 0.6 is 0 Å². The highest BCUT2D eigenvalue weighted by atomic mass is 32.2. The third kappa shape index (κ3) is 4.07. The Labute approximate surface area is 141 Å². The highest BCUT2D eigenvalue weighted by Crippen LogP contribution is 2.21. The average molecular weight is 348 g/mol. The van der Waals surface area contributed by atoms with E-state index in [2.05, 4.69) is 19.9 Å². The first-order valence-electron chi connectivity index (χ1n) is 7.90. The summed E-state index contributed by atoms with van der Waals surface area (Å²) in [6.07, 6.45) is 1.67. The first kappa shape index (κ1) is 16.8. The maximum Gasteiger partial charge on any atom is 0.180 e. The lowest BCUT2D eigenvalue weighted by Gasteiger charge is -2.28. The summed E-state index contributed by atoms with van der Waals surface area (Å²) in [5.41, 5.74) is 1.12. The number of pyridine rings is 1. The number of hydrogen-bond donors (Lipinski definition) is 0. The largest absolute Gasteiger partial charge is 0.378 e. The van der Waals surface area contributed by atoms with E-state index >= 15 is 0 Å². The smallest absolute Gasteiger partial charge is 0.180 e. The molecule has 0 spiro atoms. The molecule has 0 saturated carbocycles. The van der Waals surface area contributed by atoms with Gasteiger partial charge in [-0.05, 0) is 12.1 Å². The summed E-state index contributed by atoms with van der Waals surface area (Å²) in [6, 6.07) is 7.24. The third-order valence-corrected chi connectivity index (χ3v) is 5.42. The summed E-state index contributed by atoms with van der Waals surface area (Å²) >= 11 is 0. The number of hydrogen-bond acceptors (Lipinski definition) is 7. The van der Waals surface area contributed by atoms with E-state index in [1.807, 2.05) is 18.2 Å². The second kappa shape index (κ2) is 7.23. The number of nitrogens with zero attached hydrogens (tertiary/aromatic N) is 4. The van der Waals surface area contributed by atoms with Gasteiger partial charge in [-0.2, -0.15) is 0 Å². The van der Waals surface area contributed by atoms with Gasteiger partial charge in [-0.15, -0.1) is 0 Å². The molecule has 7 nitrogen and oxygen atoms in total. The number of rotatable bonds is 5. The lowest BCUT2D eigenvalue weighted by molar-refractivity contribution is 0.122. The molecule has 0 unspecified atom stereocenters. The van der Waals surface area contributed by atoms with Crippen molar-refractivity contribution in [2.75, 3.05) is 37.0 Å². The molecule has 0 radical (unpaired) electrons. The summed E-state index contributed by atoms with van der Waals surface area (Å²) in [5, 5.41) is 0. The van der Waals surface area contributed by atoms with Gasteiger partial charge >= 0.3 is 0 Å². The molecule has 0 amide bonds. The van der Waals surface area contributed by atoms with E-state index in [9.17, 15) is 8.42 Å². The van der Waals surface area contributed by atoms with Crippen LogP contribution in [0, 0.1) is 0 Å². The van der Waals surface area contributed by atoms with Crippen LogP contribution in [0.2, 0.25) is 0 Å². The van der Waals surface area contributed by atoms with E-state index in [1.165, 1.54) is 0 Å². The first-order valence-corrected chi connectivity index (χ1v) is 9.72. The van der Waals surface area contributed by atoms with E-state index in [4.69, 9.17) is 4.74 Å². The number of anilines is 1. The molecule has 2 aromatic rings. The van der Waals surface area contributed by atoms with Crippen LogP contribution in [-0.2, 0) is 20.3 Å². The van der Waals surface area contributed by atoms with Gasteiger partial charge in [0.05, 0.1) is 24.7 Å². The van der Waals surface area contributed by atoms with Crippen LogP contribution in [0.3, 0.4) is 0 Å². The van der Waals surface area contributed by atoms with Crippen molar-refractivity contribution >= 4 is 15.7 Å². The second-order valence-electron chi connectivity index (χ2n) is 5.53. The van der Waals surface area contributed by atoms with Crippen LogP contribution in [0.5, 0.6) is 0 Å². The van der Waals surface area contributed by atoms with E-state index in [1.54, 1.807) is 19.2 Å². The minimum atomic E-state index is -3.17. The highest BCUT2D eigenvalue weighted by Gasteiger charge is 2.18. The van der Waals surface area contributed by atoms with E-state index < -0.39 is 9.84 Å². The standard InChI is InChI=1S/C16H20N4O3S/c1-2-24(21,22)12-13-11-15(20-7-9-23-10-8-20)19-16(18-13)14-5-3-4-6-17-14/h3-6,11H,2,7-10,12H2,1H3. The predicted octanol–water partition coefficient (Wildman–Crippen LogP) is 1.31. The zero-order chi connectivity index (χ0) is 17.0. The molecule has 1 saturated heterocycles. The summed E-state index contributed by atoms with van der Waals surface area (Å²) in [4.78, 5) is 15.4. The minimum Gasteiger partial charge on any atom is -0.378 e. The molecular formula is C16H20N4O3S. The van der Waals surface area contributed by atoms with Crippen molar-refractivity contribution in [2.45, 2.75) is 12.7 Å². The quantitative estimate of drug-likeness (QED) is 0.805. The Morgan fingerprint density at radius 2 is 2.00 bits per heavy atom. The van der Waals surface area contributed by atoms with Crippen molar-refractivity contribution < 1.29 is 13.2 Å². The molecule has 2 aromatic heterocycles. The van der Waals surface area contributed by atoms with Crippen LogP contribution < -0.4 is 4.90 Å². The van der Waals surface area contributed by atoms with Gasteiger partial charge < -0.3 is 9.64 Å². The molecule has 3 heterocycles. The van der Waals surface area contributed by atoms with E-state index in [-0.39, 0.29) is 11.5 Å². The van der Waals surface area contributed by atoms with Crippen LogP contribution in [0.4, 0.5) is 5.82 Å². The van der Waals surface area contributed by atoms with Gasteiger partial charge in [-0.25, -0.2) is 18.4 Å². The first-order chi connectivity index (χ1) is 11.6. The molecule has 8 heteroatoms. The fourth-order valence-electron chi connectivity index (χ4n) is 2.45. The lowest BCUT2D eigenvalue weighted by atomic mass is 10.3. The molecule has 0 atom stereocenters. The lowest BCUT2D eigenvalue weighted by Crippen LogP contribution is -2.37. The Morgan fingerprint density at radius 1 is 1.21 bits per heavy atom. The Kier molecular flexibility index (Phi) is 5.06. The number of aromatic nitrogens is 3. The minimum absolute atomic E-state index is 0.0861. The van der Waals surface area contributed by atoms with Gasteiger partial charge in [0.2, 0.25) is 0 Å². The molecule has 24 heavy (non-hydrogen) atoms. The van der Waals surface area contributed by atoms with Crippen LogP contribution in [0.25, 0.3) is 11.5 Å². The summed E-state index contributed by atoms with van der Waals surface area (Å²) in [6.45, 7) is 4.34. The zero-order valence-electron chi connectivity index (χ0n) is 13.6. The van der Waals surface area contributed by atoms with E-state index in [0.717, 1.165) is 18.9 Å². The Hall–Kier alpha value is -2.06. The topological polar surface area (TPSA) is 85.3 Å². The van der Waals surface area contributed by atoms with Gasteiger partial charge in [0.25, 0.3) is 0 Å². The maximum atomic E-state index is 12.0. The van der Waals surface area contributed by atoms with Gasteiger partial charge in [0, 0.05) is 31.1 Å². The van der Waals surface area contributed by atoms with Crippen LogP contribution in [0.1, 0.15) is 12.6 Å². The van der Waals surface area contributed by atoms with Gasteiger partial charge in [-0.3, -0.25) is 4.98 Å². The summed E-state index contributed by atoms with van der Waals surface area (Å²) < 4.78 is 29.4. The molecule has 1 fully saturated rings. The molecule has 1 aliphatic heterocycles.